The fourth-order valence-electron chi connectivity index (χ4n) is 3.78. The average Bonchev–Trinajstić information content (AvgIpc) is 2.95. The number of benzodiazepines with no additional fused rings is 1. The number of urea groups is 1. The van der Waals surface area contributed by atoms with E-state index in [-0.39, 0.29) is 13.1 Å². The second-order valence-electron chi connectivity index (χ2n) is 7.68. The minimum Gasteiger partial charge on any atom is -0.308 e. The van der Waals surface area contributed by atoms with Crippen LogP contribution in [0.1, 0.15) is 16.7 Å². The Morgan fingerprint density at radius 1 is 1.09 bits per heavy atom. The molecule has 0 saturated heterocycles. The number of rotatable bonds is 6. The molecular weight excluding hydrogens is 430 g/mol. The van der Waals surface area contributed by atoms with Crippen molar-refractivity contribution in [2.75, 3.05) is 23.3 Å². The highest BCUT2D eigenvalue weighted by Crippen LogP contribution is 2.28. The van der Waals surface area contributed by atoms with E-state index < -0.39 is 18.1 Å². The van der Waals surface area contributed by atoms with Crippen LogP contribution >= 0.6 is 0 Å². The van der Waals surface area contributed by atoms with Gasteiger partial charge in [0.25, 0.3) is 5.91 Å². The van der Waals surface area contributed by atoms with E-state index in [4.69, 9.17) is 10.5 Å². The summed E-state index contributed by atoms with van der Waals surface area (Å²) in [5.41, 5.74) is 13.1. The van der Waals surface area contributed by atoms with Crippen molar-refractivity contribution >= 4 is 29.0 Å². The van der Waals surface area contributed by atoms with E-state index in [2.05, 4.69) is 20.7 Å². The third-order valence-electron chi connectivity index (χ3n) is 5.29. The fourth-order valence-corrected chi connectivity index (χ4v) is 3.78. The first-order valence-electron chi connectivity index (χ1n) is 10.8. The van der Waals surface area contributed by atoms with Crippen LogP contribution in [0.25, 0.3) is 10.4 Å². The lowest BCUT2D eigenvalue weighted by Crippen LogP contribution is -2.49. The average molecular weight is 454 g/mol. The van der Waals surface area contributed by atoms with Gasteiger partial charge in [-0.1, -0.05) is 65.8 Å². The zero-order valence-corrected chi connectivity index (χ0v) is 18.5. The van der Waals surface area contributed by atoms with Gasteiger partial charge in [-0.3, -0.25) is 4.79 Å². The number of fused-ring (bicyclic) bond motifs is 1. The number of azide groups is 1. The zero-order valence-electron chi connectivity index (χ0n) is 18.5. The third-order valence-corrected chi connectivity index (χ3v) is 5.29. The lowest BCUT2D eigenvalue weighted by molar-refractivity contribution is -0.120. The van der Waals surface area contributed by atoms with Crippen LogP contribution in [0.5, 0.6) is 0 Å². The van der Waals surface area contributed by atoms with Gasteiger partial charge in [0.05, 0.1) is 11.4 Å². The molecule has 9 heteroatoms. The van der Waals surface area contributed by atoms with E-state index in [1.807, 2.05) is 79.7 Å². The lowest BCUT2D eigenvalue weighted by atomic mass is 10.0. The van der Waals surface area contributed by atoms with Crippen molar-refractivity contribution in [1.29, 1.82) is 0 Å². The smallest absolute Gasteiger partial charge is 0.308 e. The maximum atomic E-state index is 13.6. The fraction of sp³-hybridized carbons (Fsp3) is 0.160. The minimum atomic E-state index is -1.18. The van der Waals surface area contributed by atoms with Crippen molar-refractivity contribution < 1.29 is 9.59 Å². The monoisotopic (exact) mass is 453 g/mol. The first-order valence-corrected chi connectivity index (χ1v) is 10.8. The molecule has 1 aliphatic heterocycles. The maximum Gasteiger partial charge on any atom is 0.321 e. The van der Waals surface area contributed by atoms with Crippen molar-refractivity contribution in [2.45, 2.75) is 13.1 Å². The molecule has 0 radical (unpaired) electrons. The molecule has 1 unspecified atom stereocenters. The van der Waals surface area contributed by atoms with E-state index in [1.54, 1.807) is 6.07 Å². The molecule has 2 N–H and O–H groups in total. The lowest BCUT2D eigenvalue weighted by Gasteiger charge is -2.25. The Hall–Kier alpha value is -4.62. The van der Waals surface area contributed by atoms with Gasteiger partial charge in [-0.05, 0) is 36.2 Å². The maximum absolute atomic E-state index is 13.6. The summed E-state index contributed by atoms with van der Waals surface area (Å²) in [6, 6.07) is 23.7. The number of amides is 3. The van der Waals surface area contributed by atoms with Gasteiger partial charge in [-0.15, -0.1) is 0 Å². The number of nitrogens with zero attached hydrogens (tertiary/aromatic N) is 5. The van der Waals surface area contributed by atoms with Crippen LogP contribution in [0.4, 0.5) is 16.2 Å². The Morgan fingerprint density at radius 3 is 2.62 bits per heavy atom. The number of benzene rings is 3. The highest BCUT2D eigenvalue weighted by atomic mass is 16.2. The molecule has 0 aliphatic carbocycles. The SMILES string of the molecule is Cc1cccc(NC(=O)NC2N=C(c3ccccc3)c3ccccc3N(CCN=[N+]=[N-])C2=O)c1. The van der Waals surface area contributed by atoms with E-state index in [0.29, 0.717) is 17.1 Å². The number of nitrogens with one attached hydrogen (secondary N) is 2. The molecule has 0 bridgehead atoms. The molecule has 1 aliphatic rings. The van der Waals surface area contributed by atoms with Crippen LogP contribution in [0, 0.1) is 6.92 Å². The van der Waals surface area contributed by atoms with E-state index in [9.17, 15) is 9.59 Å². The van der Waals surface area contributed by atoms with Gasteiger partial charge in [0.2, 0.25) is 6.17 Å². The molecule has 0 aromatic heterocycles. The molecular formula is C25H23N7O2. The minimum absolute atomic E-state index is 0.0828. The van der Waals surface area contributed by atoms with Crippen molar-refractivity contribution in [2.24, 2.45) is 10.1 Å². The molecule has 3 amide bonds. The number of hydrogen-bond donors (Lipinski definition) is 2. The predicted molar refractivity (Wildman–Crippen MR) is 132 cm³/mol. The summed E-state index contributed by atoms with van der Waals surface area (Å²) in [5, 5.41) is 9.04. The van der Waals surface area contributed by atoms with Crippen LogP contribution in [0.3, 0.4) is 0 Å². The van der Waals surface area contributed by atoms with E-state index in [0.717, 1.165) is 16.7 Å². The highest BCUT2D eigenvalue weighted by molar-refractivity contribution is 6.20. The molecule has 0 saturated carbocycles. The van der Waals surface area contributed by atoms with Crippen molar-refractivity contribution in [3.8, 4) is 0 Å². The first-order chi connectivity index (χ1) is 16.6. The molecule has 4 rings (SSSR count). The van der Waals surface area contributed by atoms with Crippen molar-refractivity contribution in [1.82, 2.24) is 5.32 Å². The van der Waals surface area contributed by atoms with Gasteiger partial charge in [0, 0.05) is 34.8 Å². The van der Waals surface area contributed by atoms with Crippen LogP contribution in [0.2, 0.25) is 0 Å². The van der Waals surface area contributed by atoms with Crippen molar-refractivity contribution in [3.63, 3.8) is 0 Å². The summed E-state index contributed by atoms with van der Waals surface area (Å²) >= 11 is 0. The van der Waals surface area contributed by atoms with Crippen LogP contribution in [-0.2, 0) is 4.79 Å². The van der Waals surface area contributed by atoms with Gasteiger partial charge < -0.3 is 15.5 Å². The number of carbonyl (C=O) groups is 2. The summed E-state index contributed by atoms with van der Waals surface area (Å²) < 4.78 is 0. The summed E-state index contributed by atoms with van der Waals surface area (Å²) in [7, 11) is 0. The standard InChI is InChI=1S/C25H23N7O2/c1-17-8-7-11-19(16-17)28-25(34)30-23-24(33)32(15-14-27-31-26)21-13-6-5-12-20(21)22(29-23)18-9-3-2-4-10-18/h2-13,16,23H,14-15H2,1H3,(H2,28,30,34). The topological polar surface area (TPSA) is 123 Å². The predicted octanol–water partition coefficient (Wildman–Crippen LogP) is 4.64. The van der Waals surface area contributed by atoms with E-state index in [1.165, 1.54) is 4.90 Å². The number of aliphatic imine (C=N–C) groups is 1. The Bertz CT molecular complexity index is 1280. The molecule has 9 nitrogen and oxygen atoms in total. The highest BCUT2D eigenvalue weighted by Gasteiger charge is 2.32. The van der Waals surface area contributed by atoms with Crippen LogP contribution in [0.15, 0.2) is 89.0 Å². The number of para-hydroxylation sites is 1. The number of aryl methyl sites for hydroxylation is 1. The van der Waals surface area contributed by atoms with Crippen LogP contribution in [-0.4, -0.2) is 36.9 Å². The Balaban J connectivity index is 1.72. The molecule has 0 spiro atoms. The number of anilines is 2. The van der Waals surface area contributed by atoms with Gasteiger partial charge in [0.1, 0.15) is 0 Å². The molecule has 3 aromatic carbocycles. The summed E-state index contributed by atoms with van der Waals surface area (Å²) in [4.78, 5) is 35.4. The van der Waals surface area contributed by atoms with Crippen LogP contribution < -0.4 is 15.5 Å². The summed E-state index contributed by atoms with van der Waals surface area (Å²) in [6.45, 7) is 2.15. The normalized spacial score (nSPS) is 14.9. The second-order valence-corrected chi connectivity index (χ2v) is 7.68. The van der Waals surface area contributed by atoms with Crippen molar-refractivity contribution in [3.05, 3.63) is 106 Å². The largest absolute Gasteiger partial charge is 0.321 e. The summed E-state index contributed by atoms with van der Waals surface area (Å²) in [5.74, 6) is -0.425. The summed E-state index contributed by atoms with van der Waals surface area (Å²) in [6.07, 6.45) is -1.18. The van der Waals surface area contributed by atoms with Gasteiger partial charge in [0.15, 0.2) is 0 Å². The van der Waals surface area contributed by atoms with E-state index >= 15 is 0 Å². The first kappa shape index (κ1) is 22.6. The molecule has 0 fully saturated rings. The number of carbonyl (C=O) groups excluding carboxylic acids is 2. The zero-order chi connectivity index (χ0) is 23.9. The Kier molecular flexibility index (Phi) is 6.86. The molecule has 170 valence electrons. The molecule has 34 heavy (non-hydrogen) atoms. The van der Waals surface area contributed by atoms with Gasteiger partial charge >= 0.3 is 6.03 Å². The molecule has 1 heterocycles. The molecule has 3 aromatic rings. The quantitative estimate of drug-likeness (QED) is 0.321. The second kappa shape index (κ2) is 10.3. The Morgan fingerprint density at radius 2 is 1.85 bits per heavy atom. The van der Waals surface area contributed by atoms with Gasteiger partial charge in [-0.25, -0.2) is 9.79 Å². The Labute approximate surface area is 196 Å². The molecule has 1 atom stereocenters. The van der Waals surface area contributed by atoms with Gasteiger partial charge in [-0.2, -0.15) is 0 Å². The number of hydrogen-bond acceptors (Lipinski definition) is 4. The third kappa shape index (κ3) is 5.06.